The van der Waals surface area contributed by atoms with Gasteiger partial charge in [0.05, 0.1) is 0 Å². The minimum Gasteiger partial charge on any atom is -0.458 e. The van der Waals surface area contributed by atoms with Crippen molar-refractivity contribution in [2.24, 2.45) is 0 Å². The average Bonchev–Trinajstić information content (AvgIpc) is 2.82. The molecule has 23 heavy (non-hydrogen) atoms. The molecule has 1 heterocycles. The number of esters is 2. The Bertz CT molecular complexity index is 402. The molecule has 0 aromatic heterocycles. The van der Waals surface area contributed by atoms with Gasteiger partial charge in [-0.1, -0.05) is 58.3 Å². The Morgan fingerprint density at radius 1 is 1.17 bits per heavy atom. The number of carbonyl (C=O) groups excluding carboxylic acids is 2. The molecule has 132 valence electrons. The summed E-state index contributed by atoms with van der Waals surface area (Å²) in [7, 11) is 0. The van der Waals surface area contributed by atoms with E-state index >= 15 is 0 Å². The summed E-state index contributed by atoms with van der Waals surface area (Å²) in [5.41, 5.74) is 0.352. The molecule has 1 rings (SSSR count). The second-order valence-corrected chi connectivity index (χ2v) is 6.15. The van der Waals surface area contributed by atoms with Crippen LogP contribution in [0.3, 0.4) is 0 Å². The maximum absolute atomic E-state index is 11.2. The first-order valence-electron chi connectivity index (χ1n) is 8.82. The highest BCUT2D eigenvalue weighted by molar-refractivity contribution is 5.86. The zero-order chi connectivity index (χ0) is 17.1. The van der Waals surface area contributed by atoms with Crippen molar-refractivity contribution in [2.45, 2.75) is 90.4 Å². The molecule has 0 saturated heterocycles. The number of aliphatic hydroxyl groups excluding tert-OH is 1. The van der Waals surface area contributed by atoms with Crippen LogP contribution in [0.5, 0.6) is 0 Å². The van der Waals surface area contributed by atoms with E-state index in [1.165, 1.54) is 51.5 Å². The minimum absolute atomic E-state index is 0.352. The van der Waals surface area contributed by atoms with Crippen LogP contribution in [0, 0.1) is 0 Å². The number of unbranched alkanes of at least 4 members (excludes halogenated alkanes) is 8. The van der Waals surface area contributed by atoms with Crippen LogP contribution >= 0.6 is 0 Å². The van der Waals surface area contributed by atoms with Crippen LogP contribution in [0.2, 0.25) is 0 Å². The summed E-state index contributed by atoms with van der Waals surface area (Å²) in [4.78, 5) is 22.4. The molecular weight excluding hydrogens is 296 g/mol. The second-order valence-electron chi connectivity index (χ2n) is 6.15. The summed E-state index contributed by atoms with van der Waals surface area (Å²) < 4.78 is 9.89. The lowest BCUT2D eigenvalue weighted by Crippen LogP contribution is -2.25. The minimum atomic E-state index is -1.29. The molecule has 2 atom stereocenters. The van der Waals surface area contributed by atoms with Gasteiger partial charge in [-0.15, -0.1) is 0 Å². The van der Waals surface area contributed by atoms with Crippen LogP contribution in [0.15, 0.2) is 11.6 Å². The van der Waals surface area contributed by atoms with Crippen LogP contribution < -0.4 is 0 Å². The van der Waals surface area contributed by atoms with Gasteiger partial charge in [0.25, 0.3) is 0 Å². The molecule has 1 aliphatic rings. The topological polar surface area (TPSA) is 72.8 Å². The predicted molar refractivity (Wildman–Crippen MR) is 87.6 cm³/mol. The summed E-state index contributed by atoms with van der Waals surface area (Å²) in [6.07, 6.45) is 10.8. The lowest BCUT2D eigenvalue weighted by molar-refractivity contribution is -0.153. The lowest BCUT2D eigenvalue weighted by atomic mass is 10.0. The molecule has 1 aliphatic heterocycles. The fraction of sp³-hybridized carbons (Fsp3) is 0.778. The van der Waals surface area contributed by atoms with Gasteiger partial charge in [-0.25, -0.2) is 4.79 Å². The molecule has 5 nitrogen and oxygen atoms in total. The molecule has 0 spiro atoms. The van der Waals surface area contributed by atoms with Crippen LogP contribution in [0.25, 0.3) is 0 Å². The van der Waals surface area contributed by atoms with E-state index in [1.54, 1.807) is 0 Å². The predicted octanol–water partition coefficient (Wildman–Crippen LogP) is 3.64. The van der Waals surface area contributed by atoms with Crippen molar-refractivity contribution < 1.29 is 24.2 Å². The van der Waals surface area contributed by atoms with E-state index in [9.17, 15) is 14.7 Å². The molecule has 0 saturated carbocycles. The van der Waals surface area contributed by atoms with Crippen LogP contribution in [-0.2, 0) is 19.1 Å². The molecule has 0 bridgehead atoms. The molecule has 0 radical (unpaired) electrons. The van der Waals surface area contributed by atoms with E-state index in [0.29, 0.717) is 12.0 Å². The van der Waals surface area contributed by atoms with Gasteiger partial charge < -0.3 is 14.6 Å². The fourth-order valence-electron chi connectivity index (χ4n) is 2.81. The smallest absolute Gasteiger partial charge is 0.333 e. The third-order valence-electron chi connectivity index (χ3n) is 4.05. The Labute approximate surface area is 139 Å². The van der Waals surface area contributed by atoms with Crippen LogP contribution in [0.1, 0.15) is 78.1 Å². The van der Waals surface area contributed by atoms with E-state index in [0.717, 1.165) is 19.3 Å². The number of aliphatic hydroxyl groups is 1. The number of cyclic esters (lactones) is 1. The van der Waals surface area contributed by atoms with Gasteiger partial charge >= 0.3 is 11.9 Å². The van der Waals surface area contributed by atoms with Crippen molar-refractivity contribution >= 4 is 11.9 Å². The van der Waals surface area contributed by atoms with Crippen LogP contribution in [0.4, 0.5) is 0 Å². The first-order valence-corrected chi connectivity index (χ1v) is 8.82. The van der Waals surface area contributed by atoms with Gasteiger partial charge in [-0.2, -0.15) is 0 Å². The maximum atomic E-state index is 11.2. The van der Waals surface area contributed by atoms with Crippen molar-refractivity contribution in [1.29, 1.82) is 0 Å². The summed E-state index contributed by atoms with van der Waals surface area (Å²) >= 11 is 0. The largest absolute Gasteiger partial charge is 0.458 e. The highest BCUT2D eigenvalue weighted by Gasteiger charge is 2.31. The normalized spacial score (nSPS) is 18.5. The van der Waals surface area contributed by atoms with Gasteiger partial charge in [0.15, 0.2) is 0 Å². The summed E-state index contributed by atoms with van der Waals surface area (Å²) in [6.45, 7) is 3.54. The average molecular weight is 326 g/mol. The van der Waals surface area contributed by atoms with Crippen molar-refractivity contribution in [1.82, 2.24) is 0 Å². The van der Waals surface area contributed by atoms with Crippen molar-refractivity contribution in [3.05, 3.63) is 11.6 Å². The van der Waals surface area contributed by atoms with E-state index in [2.05, 4.69) is 11.7 Å². The number of carbonyl (C=O) groups is 2. The quantitative estimate of drug-likeness (QED) is 0.438. The van der Waals surface area contributed by atoms with Gasteiger partial charge in [0, 0.05) is 18.6 Å². The molecule has 0 aromatic rings. The zero-order valence-electron chi connectivity index (χ0n) is 14.4. The third-order valence-corrected chi connectivity index (χ3v) is 4.05. The first-order chi connectivity index (χ1) is 11.0. The molecule has 0 fully saturated rings. The van der Waals surface area contributed by atoms with Crippen LogP contribution in [-0.4, -0.2) is 29.4 Å². The Balaban J connectivity index is 2.23. The van der Waals surface area contributed by atoms with E-state index in [-0.39, 0.29) is 0 Å². The van der Waals surface area contributed by atoms with Crippen molar-refractivity contribution in [3.8, 4) is 0 Å². The molecule has 1 N–H and O–H groups in total. The first kappa shape index (κ1) is 19.7. The summed E-state index contributed by atoms with van der Waals surface area (Å²) in [6, 6.07) is 0. The van der Waals surface area contributed by atoms with E-state index < -0.39 is 24.3 Å². The highest BCUT2D eigenvalue weighted by atomic mass is 16.6. The zero-order valence-corrected chi connectivity index (χ0v) is 14.4. The van der Waals surface area contributed by atoms with Gasteiger partial charge in [0.1, 0.15) is 6.10 Å². The molecule has 0 aliphatic carbocycles. The number of ether oxygens (including phenoxy) is 2. The summed E-state index contributed by atoms with van der Waals surface area (Å²) in [5.74, 6) is -1.00. The third kappa shape index (κ3) is 8.16. The molecule has 0 aromatic carbocycles. The van der Waals surface area contributed by atoms with Crippen molar-refractivity contribution in [2.75, 3.05) is 0 Å². The fourth-order valence-corrected chi connectivity index (χ4v) is 2.81. The molecule has 5 heteroatoms. The maximum Gasteiger partial charge on any atom is 0.333 e. The monoisotopic (exact) mass is 326 g/mol. The van der Waals surface area contributed by atoms with E-state index in [4.69, 9.17) is 4.74 Å². The van der Waals surface area contributed by atoms with Crippen molar-refractivity contribution in [3.63, 3.8) is 0 Å². The Hall–Kier alpha value is -1.36. The lowest BCUT2D eigenvalue weighted by Gasteiger charge is -2.19. The number of hydrogen-bond donors (Lipinski definition) is 1. The number of hydrogen-bond acceptors (Lipinski definition) is 5. The number of rotatable bonds is 12. The molecule has 0 amide bonds. The Morgan fingerprint density at radius 2 is 1.74 bits per heavy atom. The Kier molecular flexibility index (Phi) is 9.60. The SMILES string of the molecule is CCCCCCCCCCCC(OC(C)=O)C1=CC(=O)O[C@@H]1O. The van der Waals surface area contributed by atoms with E-state index in [1.807, 2.05) is 0 Å². The molecule has 1 unspecified atom stereocenters. The van der Waals surface area contributed by atoms with Gasteiger partial charge in [0.2, 0.25) is 6.29 Å². The highest BCUT2D eigenvalue weighted by Crippen LogP contribution is 2.24. The molecular formula is C18H30O5. The van der Waals surface area contributed by atoms with Gasteiger partial charge in [-0.05, 0) is 12.8 Å². The van der Waals surface area contributed by atoms with Gasteiger partial charge in [-0.3, -0.25) is 4.79 Å². The second kappa shape index (κ2) is 11.2. The Morgan fingerprint density at radius 3 is 2.22 bits per heavy atom. The standard InChI is InChI=1S/C18H30O5/c1-3-4-5-6-7-8-9-10-11-12-16(22-14(2)19)15-13-17(20)23-18(15)21/h13,16,18,21H,3-12H2,1-2H3/t16?,18-/m0/s1. The summed E-state index contributed by atoms with van der Waals surface area (Å²) in [5, 5.41) is 9.68.